The van der Waals surface area contributed by atoms with Crippen molar-refractivity contribution in [1.29, 1.82) is 0 Å². The van der Waals surface area contributed by atoms with Gasteiger partial charge in [-0.2, -0.15) is 9.40 Å². The first kappa shape index (κ1) is 24.6. The van der Waals surface area contributed by atoms with E-state index < -0.39 is 21.5 Å². The predicted molar refractivity (Wildman–Crippen MR) is 139 cm³/mol. The van der Waals surface area contributed by atoms with Crippen LogP contribution in [-0.2, 0) is 16.4 Å². The van der Waals surface area contributed by atoms with Gasteiger partial charge in [-0.1, -0.05) is 17.7 Å². The second-order valence-electron chi connectivity index (χ2n) is 9.86. The highest BCUT2D eigenvalue weighted by Crippen LogP contribution is 2.51. The fourth-order valence-corrected chi connectivity index (χ4v) is 7.15. The molecule has 2 aliphatic rings. The van der Waals surface area contributed by atoms with E-state index >= 15 is 0 Å². The molecular weight excluding hydrogens is 505 g/mol. The third kappa shape index (κ3) is 4.05. The molecule has 2 aromatic heterocycles. The first-order chi connectivity index (χ1) is 18.3. The van der Waals surface area contributed by atoms with Crippen LogP contribution in [0.3, 0.4) is 0 Å². The first-order valence-electron chi connectivity index (χ1n) is 12.3. The van der Waals surface area contributed by atoms with E-state index in [1.807, 2.05) is 19.1 Å². The molecule has 0 saturated carbocycles. The van der Waals surface area contributed by atoms with Gasteiger partial charge in [0.1, 0.15) is 11.9 Å². The molecule has 38 heavy (non-hydrogen) atoms. The molecule has 10 heteroatoms. The maximum absolute atomic E-state index is 13.7. The van der Waals surface area contributed by atoms with E-state index in [-0.39, 0.29) is 29.6 Å². The number of hydrogen-bond acceptors (Lipinski definition) is 6. The number of benzene rings is 2. The minimum absolute atomic E-state index is 0.0652. The van der Waals surface area contributed by atoms with Crippen molar-refractivity contribution < 1.29 is 17.9 Å². The monoisotopic (exact) mass is 531 g/mol. The third-order valence-corrected chi connectivity index (χ3v) is 9.33. The van der Waals surface area contributed by atoms with Gasteiger partial charge in [0.25, 0.3) is 0 Å². The predicted octanol–water partition coefficient (Wildman–Crippen LogP) is 3.86. The Morgan fingerprint density at radius 3 is 2.58 bits per heavy atom. The van der Waals surface area contributed by atoms with Crippen molar-refractivity contribution in [3.63, 3.8) is 0 Å². The normalized spacial score (nSPS) is 20.3. The SMILES string of the molecule is Cc1cccc(S(=O)(=O)N2CCC3=Cc4c(cnn4-c4ccc(F)cc4)C[C@]3([C@@H](O)c3ncccn3)C2)c1. The van der Waals surface area contributed by atoms with Crippen LogP contribution in [0.15, 0.2) is 83.7 Å². The smallest absolute Gasteiger partial charge is 0.243 e. The molecule has 1 aliphatic heterocycles. The van der Waals surface area contributed by atoms with E-state index in [1.165, 1.54) is 16.4 Å². The maximum Gasteiger partial charge on any atom is 0.243 e. The molecule has 3 heterocycles. The highest BCUT2D eigenvalue weighted by Gasteiger charge is 2.51. The topological polar surface area (TPSA) is 101 Å². The number of nitrogens with zero attached hydrogens (tertiary/aromatic N) is 5. The van der Waals surface area contributed by atoms with Crippen molar-refractivity contribution in [2.45, 2.75) is 30.8 Å². The summed E-state index contributed by atoms with van der Waals surface area (Å²) < 4.78 is 44.2. The second-order valence-corrected chi connectivity index (χ2v) is 11.8. The van der Waals surface area contributed by atoms with Gasteiger partial charge < -0.3 is 5.11 Å². The maximum atomic E-state index is 13.7. The van der Waals surface area contributed by atoms with E-state index in [2.05, 4.69) is 15.1 Å². The van der Waals surface area contributed by atoms with Crippen LogP contribution in [0.5, 0.6) is 0 Å². The number of fused-ring (bicyclic) bond motifs is 2. The molecule has 6 rings (SSSR count). The molecule has 2 aromatic carbocycles. The van der Waals surface area contributed by atoms with Crippen molar-refractivity contribution >= 4 is 16.1 Å². The molecule has 1 N–H and O–H groups in total. The van der Waals surface area contributed by atoms with Crippen LogP contribution in [0.1, 0.15) is 35.2 Å². The van der Waals surface area contributed by atoms with Crippen LogP contribution in [0.25, 0.3) is 11.8 Å². The van der Waals surface area contributed by atoms with Gasteiger partial charge in [-0.05, 0) is 79.4 Å². The van der Waals surface area contributed by atoms with Crippen LogP contribution < -0.4 is 0 Å². The summed E-state index contributed by atoms with van der Waals surface area (Å²) in [7, 11) is -3.81. The Morgan fingerprint density at radius 1 is 1.08 bits per heavy atom. The summed E-state index contributed by atoms with van der Waals surface area (Å²) in [5.41, 5.74) is 3.17. The van der Waals surface area contributed by atoms with Crippen LogP contribution in [0.2, 0.25) is 0 Å². The van der Waals surface area contributed by atoms with Gasteiger partial charge >= 0.3 is 0 Å². The lowest BCUT2D eigenvalue weighted by Gasteiger charge is -2.48. The van der Waals surface area contributed by atoms with Crippen LogP contribution in [0.4, 0.5) is 4.39 Å². The number of halogens is 1. The molecule has 1 aliphatic carbocycles. The highest BCUT2D eigenvalue weighted by atomic mass is 32.2. The Bertz CT molecular complexity index is 1640. The molecule has 0 bridgehead atoms. The van der Waals surface area contributed by atoms with Crippen molar-refractivity contribution in [3.05, 3.63) is 107 Å². The Morgan fingerprint density at radius 2 is 1.84 bits per heavy atom. The molecule has 0 amide bonds. The number of piperidine rings is 1. The summed E-state index contributed by atoms with van der Waals surface area (Å²) in [5, 5.41) is 16.3. The van der Waals surface area contributed by atoms with E-state index in [1.54, 1.807) is 59.7 Å². The van der Waals surface area contributed by atoms with Gasteiger partial charge in [0.15, 0.2) is 5.82 Å². The fraction of sp³-hybridized carbons (Fsp3) is 0.250. The Labute approximate surface area is 220 Å². The molecular formula is C28H26FN5O3S. The summed E-state index contributed by atoms with van der Waals surface area (Å²) in [5.74, 6) is -0.0945. The zero-order valence-electron chi connectivity index (χ0n) is 20.7. The number of aromatic nitrogens is 4. The minimum atomic E-state index is -3.81. The third-order valence-electron chi connectivity index (χ3n) is 7.48. The lowest BCUT2D eigenvalue weighted by molar-refractivity contribution is 0.0156. The lowest BCUT2D eigenvalue weighted by Crippen LogP contribution is -2.52. The number of aryl methyl sites for hydroxylation is 1. The van der Waals surface area contributed by atoms with Crippen molar-refractivity contribution in [3.8, 4) is 5.69 Å². The van der Waals surface area contributed by atoms with Gasteiger partial charge in [-0.15, -0.1) is 0 Å². The van der Waals surface area contributed by atoms with Crippen LogP contribution >= 0.6 is 0 Å². The van der Waals surface area contributed by atoms with Crippen molar-refractivity contribution in [2.75, 3.05) is 13.1 Å². The number of hydrogen-bond donors (Lipinski definition) is 1. The number of aliphatic hydroxyl groups excluding tert-OH is 1. The van der Waals surface area contributed by atoms with Gasteiger partial charge in [0, 0.05) is 30.9 Å². The second kappa shape index (κ2) is 9.23. The molecule has 8 nitrogen and oxygen atoms in total. The molecule has 194 valence electrons. The number of aliphatic hydroxyl groups is 1. The van der Waals surface area contributed by atoms with Crippen LogP contribution in [0, 0.1) is 18.2 Å². The summed E-state index contributed by atoms with van der Waals surface area (Å²) >= 11 is 0. The average molecular weight is 532 g/mol. The van der Waals surface area contributed by atoms with E-state index in [0.29, 0.717) is 18.5 Å². The summed E-state index contributed by atoms with van der Waals surface area (Å²) in [6, 6.07) is 14.6. The zero-order chi connectivity index (χ0) is 26.5. The largest absolute Gasteiger partial charge is 0.384 e. The van der Waals surface area contributed by atoms with Gasteiger partial charge in [-0.3, -0.25) is 0 Å². The molecule has 0 unspecified atom stereocenters. The molecule has 2 atom stereocenters. The van der Waals surface area contributed by atoms with Gasteiger partial charge in [0.2, 0.25) is 10.0 Å². The molecule has 0 spiro atoms. The van der Waals surface area contributed by atoms with Gasteiger partial charge in [0.05, 0.1) is 22.5 Å². The Balaban J connectivity index is 1.45. The zero-order valence-corrected chi connectivity index (χ0v) is 21.5. The first-order valence-corrected chi connectivity index (χ1v) is 13.8. The molecule has 1 fully saturated rings. The van der Waals surface area contributed by atoms with Gasteiger partial charge in [-0.25, -0.2) is 27.5 Å². The van der Waals surface area contributed by atoms with Crippen molar-refractivity contribution in [1.82, 2.24) is 24.1 Å². The standard InChI is InChI=1S/C28H26FN5O3S/c1-19-4-2-5-24(14-19)38(36,37)33-13-10-21-15-25-20(17-32-34(25)23-8-6-22(29)7-9-23)16-28(21,18-33)26(35)27-30-11-3-12-31-27/h2-9,11-12,14-15,17,26,35H,10,13,16,18H2,1H3/t26-,28-/m0/s1. The highest BCUT2D eigenvalue weighted by molar-refractivity contribution is 7.89. The van der Waals surface area contributed by atoms with E-state index in [0.717, 1.165) is 22.4 Å². The molecule has 4 aromatic rings. The Kier molecular flexibility index (Phi) is 5.97. The lowest BCUT2D eigenvalue weighted by atomic mass is 9.65. The average Bonchev–Trinajstić information content (AvgIpc) is 3.34. The molecule has 0 radical (unpaired) electrons. The van der Waals surface area contributed by atoms with E-state index in [4.69, 9.17) is 0 Å². The number of sulfonamides is 1. The number of rotatable bonds is 5. The van der Waals surface area contributed by atoms with Crippen molar-refractivity contribution in [2.24, 2.45) is 5.41 Å². The summed E-state index contributed by atoms with van der Waals surface area (Å²) in [4.78, 5) is 8.83. The van der Waals surface area contributed by atoms with Crippen LogP contribution in [-0.4, -0.2) is 50.7 Å². The minimum Gasteiger partial charge on any atom is -0.384 e. The quantitative estimate of drug-likeness (QED) is 0.420. The molecule has 1 saturated heterocycles. The Hall–Kier alpha value is -3.73. The summed E-state index contributed by atoms with van der Waals surface area (Å²) in [6.45, 7) is 2.19. The fourth-order valence-electron chi connectivity index (χ4n) is 5.54. The summed E-state index contributed by atoms with van der Waals surface area (Å²) in [6.07, 6.45) is 6.45. The van der Waals surface area contributed by atoms with E-state index in [9.17, 15) is 17.9 Å².